The first-order valence-electron chi connectivity index (χ1n) is 6.28. The van der Waals surface area contributed by atoms with Gasteiger partial charge in [-0.15, -0.1) is 10.2 Å². The van der Waals surface area contributed by atoms with Crippen molar-refractivity contribution < 1.29 is 14.6 Å². The first kappa shape index (κ1) is 13.0. The molecule has 6 nitrogen and oxygen atoms in total. The number of hydrogen-bond acceptors (Lipinski definition) is 4. The summed E-state index contributed by atoms with van der Waals surface area (Å²) in [5.74, 6) is 0.741. The van der Waals surface area contributed by atoms with Crippen molar-refractivity contribution in [3.8, 4) is 0 Å². The molecule has 18 heavy (non-hydrogen) atoms. The summed E-state index contributed by atoms with van der Waals surface area (Å²) in [5.41, 5.74) is 0. The summed E-state index contributed by atoms with van der Waals surface area (Å²) in [4.78, 5) is 11.0. The summed E-state index contributed by atoms with van der Waals surface area (Å²) >= 11 is 0. The normalized spacial score (nSPS) is 20.4. The van der Waals surface area contributed by atoms with E-state index in [0.29, 0.717) is 19.4 Å². The highest BCUT2D eigenvalue weighted by molar-refractivity contribution is 5.70. The van der Waals surface area contributed by atoms with Crippen molar-refractivity contribution in [2.75, 3.05) is 7.11 Å². The number of fused-ring (bicyclic) bond motifs is 1. The van der Waals surface area contributed by atoms with Gasteiger partial charge in [0.2, 0.25) is 0 Å². The fourth-order valence-electron chi connectivity index (χ4n) is 2.22. The molecule has 0 saturated carbocycles. The number of aryl methyl sites for hydroxylation is 2. The van der Waals surface area contributed by atoms with Crippen molar-refractivity contribution in [3.05, 3.63) is 11.6 Å². The van der Waals surface area contributed by atoms with Crippen molar-refractivity contribution >= 4 is 5.97 Å². The molecular weight excluding hydrogens is 234 g/mol. The molecule has 0 saturated heterocycles. The molecule has 0 spiro atoms. The van der Waals surface area contributed by atoms with E-state index in [-0.39, 0.29) is 12.0 Å². The van der Waals surface area contributed by atoms with Crippen molar-refractivity contribution in [1.82, 2.24) is 14.8 Å². The Morgan fingerprint density at radius 3 is 3.06 bits per heavy atom. The summed E-state index contributed by atoms with van der Waals surface area (Å²) in [6, 6.07) is 0. The minimum absolute atomic E-state index is 0.178. The largest absolute Gasteiger partial charge is 0.481 e. The van der Waals surface area contributed by atoms with E-state index in [2.05, 4.69) is 10.2 Å². The highest BCUT2D eigenvalue weighted by Gasteiger charge is 2.27. The molecule has 0 amide bonds. The number of rotatable bonds is 5. The van der Waals surface area contributed by atoms with E-state index in [1.165, 1.54) is 0 Å². The van der Waals surface area contributed by atoms with Crippen LogP contribution in [0.3, 0.4) is 0 Å². The smallest absolute Gasteiger partial charge is 0.308 e. The molecule has 1 aliphatic heterocycles. The highest BCUT2D eigenvalue weighted by Crippen LogP contribution is 2.21. The molecule has 2 unspecified atom stereocenters. The molecule has 0 radical (unpaired) electrons. The summed E-state index contributed by atoms with van der Waals surface area (Å²) in [7, 11) is 1.68. The van der Waals surface area contributed by atoms with Gasteiger partial charge in [0.25, 0.3) is 0 Å². The van der Waals surface area contributed by atoms with E-state index in [0.717, 1.165) is 24.5 Å². The highest BCUT2D eigenvalue weighted by atomic mass is 16.5. The Balaban J connectivity index is 2.06. The molecule has 0 fully saturated rings. The average Bonchev–Trinajstić information content (AvgIpc) is 2.78. The molecule has 2 heterocycles. The van der Waals surface area contributed by atoms with Gasteiger partial charge in [0.15, 0.2) is 0 Å². The first-order valence-corrected chi connectivity index (χ1v) is 6.28. The second kappa shape index (κ2) is 5.48. The Morgan fingerprint density at radius 1 is 1.61 bits per heavy atom. The van der Waals surface area contributed by atoms with E-state index < -0.39 is 5.97 Å². The third-order valence-electron chi connectivity index (χ3n) is 3.55. The molecule has 0 aromatic carbocycles. The minimum atomic E-state index is -0.731. The van der Waals surface area contributed by atoms with Crippen LogP contribution in [-0.2, 0) is 28.9 Å². The number of carboxylic acid groups (broad SMARTS) is 1. The van der Waals surface area contributed by atoms with Crippen molar-refractivity contribution in [1.29, 1.82) is 0 Å². The number of methoxy groups -OCH3 is 1. The second-order valence-corrected chi connectivity index (χ2v) is 4.80. The molecule has 0 aliphatic carbocycles. The van der Waals surface area contributed by atoms with Gasteiger partial charge in [-0.1, -0.05) is 0 Å². The maximum absolute atomic E-state index is 11.0. The van der Waals surface area contributed by atoms with Crippen LogP contribution < -0.4 is 0 Å². The van der Waals surface area contributed by atoms with Gasteiger partial charge in [-0.05, 0) is 19.8 Å². The van der Waals surface area contributed by atoms with Gasteiger partial charge in [0.1, 0.15) is 11.6 Å². The number of carboxylic acids is 1. The van der Waals surface area contributed by atoms with Gasteiger partial charge in [0, 0.05) is 26.5 Å². The number of ether oxygens (including phenoxy) is 1. The first-order chi connectivity index (χ1) is 8.61. The summed E-state index contributed by atoms with van der Waals surface area (Å²) in [6.45, 7) is 2.50. The van der Waals surface area contributed by atoms with E-state index in [1.807, 2.05) is 11.5 Å². The van der Waals surface area contributed by atoms with Crippen LogP contribution in [0.15, 0.2) is 0 Å². The fourth-order valence-corrected chi connectivity index (χ4v) is 2.22. The topological polar surface area (TPSA) is 77.2 Å². The van der Waals surface area contributed by atoms with Crippen LogP contribution >= 0.6 is 0 Å². The number of hydrogen-bond donors (Lipinski definition) is 1. The van der Waals surface area contributed by atoms with Crippen LogP contribution in [0.4, 0.5) is 0 Å². The van der Waals surface area contributed by atoms with E-state index in [9.17, 15) is 4.79 Å². The zero-order valence-corrected chi connectivity index (χ0v) is 10.8. The molecule has 1 aliphatic rings. The second-order valence-electron chi connectivity index (χ2n) is 4.80. The van der Waals surface area contributed by atoms with Crippen molar-refractivity contribution in [3.63, 3.8) is 0 Å². The van der Waals surface area contributed by atoms with Gasteiger partial charge in [-0.25, -0.2) is 0 Å². The Kier molecular flexibility index (Phi) is 3.96. The molecule has 1 aromatic rings. The number of carbonyl (C=O) groups is 1. The molecule has 1 N–H and O–H groups in total. The molecular formula is C12H19N3O3. The molecule has 6 heteroatoms. The van der Waals surface area contributed by atoms with E-state index in [4.69, 9.17) is 9.84 Å². The summed E-state index contributed by atoms with van der Waals surface area (Å²) in [6.07, 6.45) is 3.17. The third kappa shape index (κ3) is 2.69. The molecule has 0 bridgehead atoms. The predicted molar refractivity (Wildman–Crippen MR) is 64.3 cm³/mol. The zero-order chi connectivity index (χ0) is 13.1. The van der Waals surface area contributed by atoms with Gasteiger partial charge >= 0.3 is 5.97 Å². The predicted octanol–water partition coefficient (Wildman–Crippen LogP) is 0.893. The Labute approximate surface area is 106 Å². The molecule has 1 aromatic heterocycles. The van der Waals surface area contributed by atoms with Gasteiger partial charge in [-0.2, -0.15) is 0 Å². The number of aliphatic carboxylic acids is 1. The standard InChI is InChI=1S/C12H19N3O3/c1-8(18-2)3-5-10-13-14-11-6-4-9(12(16)17)7-15(10)11/h8-9H,3-7H2,1-2H3,(H,16,17). The summed E-state index contributed by atoms with van der Waals surface area (Å²) < 4.78 is 7.16. The number of nitrogens with zero attached hydrogens (tertiary/aromatic N) is 3. The van der Waals surface area contributed by atoms with Crippen LogP contribution in [-0.4, -0.2) is 39.1 Å². The summed E-state index contributed by atoms with van der Waals surface area (Å²) in [5, 5.41) is 17.4. The van der Waals surface area contributed by atoms with Crippen LogP contribution in [0.5, 0.6) is 0 Å². The van der Waals surface area contributed by atoms with Crippen LogP contribution in [0.25, 0.3) is 0 Å². The lowest BCUT2D eigenvalue weighted by Gasteiger charge is -2.21. The van der Waals surface area contributed by atoms with Crippen molar-refractivity contribution in [2.24, 2.45) is 5.92 Å². The molecule has 2 rings (SSSR count). The Bertz CT molecular complexity index is 430. The van der Waals surface area contributed by atoms with Crippen LogP contribution in [0.1, 0.15) is 31.4 Å². The van der Waals surface area contributed by atoms with Crippen molar-refractivity contribution in [2.45, 2.75) is 45.3 Å². The van der Waals surface area contributed by atoms with Gasteiger partial charge < -0.3 is 14.4 Å². The molecule has 2 atom stereocenters. The van der Waals surface area contributed by atoms with Crippen LogP contribution in [0, 0.1) is 5.92 Å². The lowest BCUT2D eigenvalue weighted by molar-refractivity contribution is -0.142. The van der Waals surface area contributed by atoms with E-state index >= 15 is 0 Å². The quantitative estimate of drug-likeness (QED) is 0.843. The minimum Gasteiger partial charge on any atom is -0.481 e. The fraction of sp³-hybridized carbons (Fsp3) is 0.750. The lowest BCUT2D eigenvalue weighted by atomic mass is 9.99. The number of aromatic nitrogens is 3. The average molecular weight is 253 g/mol. The maximum atomic E-state index is 11.0. The SMILES string of the molecule is COC(C)CCc1nnc2n1CC(C(=O)O)CC2. The monoisotopic (exact) mass is 253 g/mol. The van der Waals surface area contributed by atoms with Gasteiger partial charge in [-0.3, -0.25) is 4.79 Å². The molecule has 100 valence electrons. The zero-order valence-electron chi connectivity index (χ0n) is 10.8. The Hall–Kier alpha value is -1.43. The van der Waals surface area contributed by atoms with E-state index in [1.54, 1.807) is 7.11 Å². The Morgan fingerprint density at radius 2 is 2.39 bits per heavy atom. The van der Waals surface area contributed by atoms with Gasteiger partial charge in [0.05, 0.1) is 12.0 Å². The van der Waals surface area contributed by atoms with Crippen LogP contribution in [0.2, 0.25) is 0 Å². The third-order valence-corrected chi connectivity index (χ3v) is 3.55. The maximum Gasteiger partial charge on any atom is 0.308 e. The lowest BCUT2D eigenvalue weighted by Crippen LogP contribution is -2.27.